The predicted octanol–water partition coefficient (Wildman–Crippen LogP) is 6.98. The molecule has 0 aliphatic carbocycles. The minimum absolute atomic E-state index is 0.738. The highest BCUT2D eigenvalue weighted by molar-refractivity contribution is 5.51. The molecule has 0 unspecified atom stereocenters. The van der Waals surface area contributed by atoms with Gasteiger partial charge in [0.1, 0.15) is 5.75 Å². The van der Waals surface area contributed by atoms with Crippen LogP contribution in [0.4, 0.5) is 5.69 Å². The SMILES string of the molecule is CC(C)CCCCCCCCCCCCCOc1ccccc1N. The molecule has 0 spiro atoms. The number of para-hydroxylation sites is 2. The van der Waals surface area contributed by atoms with Crippen LogP contribution < -0.4 is 10.5 Å². The van der Waals surface area contributed by atoms with Gasteiger partial charge >= 0.3 is 0 Å². The monoisotopic (exact) mass is 333 g/mol. The van der Waals surface area contributed by atoms with Crippen molar-refractivity contribution < 1.29 is 4.74 Å². The van der Waals surface area contributed by atoms with E-state index in [1.807, 2.05) is 24.3 Å². The van der Waals surface area contributed by atoms with E-state index in [0.717, 1.165) is 30.4 Å². The lowest BCUT2D eigenvalue weighted by atomic mass is 10.0. The molecule has 138 valence electrons. The van der Waals surface area contributed by atoms with Gasteiger partial charge in [-0.1, -0.05) is 96.6 Å². The minimum Gasteiger partial charge on any atom is -0.491 e. The second-order valence-corrected chi connectivity index (χ2v) is 7.46. The fourth-order valence-corrected chi connectivity index (χ4v) is 3.04. The van der Waals surface area contributed by atoms with E-state index in [1.54, 1.807) is 0 Å². The molecule has 0 aliphatic heterocycles. The predicted molar refractivity (Wildman–Crippen MR) is 107 cm³/mol. The summed E-state index contributed by atoms with van der Waals surface area (Å²) >= 11 is 0. The Kier molecular flexibility index (Phi) is 12.3. The molecule has 0 aromatic heterocycles. The number of nitrogens with two attached hydrogens (primary N) is 1. The molecule has 0 bridgehead atoms. The fraction of sp³-hybridized carbons (Fsp3) is 0.727. The Morgan fingerprint density at radius 3 is 1.79 bits per heavy atom. The summed E-state index contributed by atoms with van der Waals surface area (Å²) in [7, 11) is 0. The molecule has 0 atom stereocenters. The summed E-state index contributed by atoms with van der Waals surface area (Å²) in [6, 6.07) is 7.74. The largest absolute Gasteiger partial charge is 0.491 e. The second kappa shape index (κ2) is 14.2. The van der Waals surface area contributed by atoms with Crippen LogP contribution >= 0.6 is 0 Å². The molecule has 1 aromatic rings. The molecular weight excluding hydrogens is 294 g/mol. The van der Waals surface area contributed by atoms with Gasteiger partial charge in [0.05, 0.1) is 12.3 Å². The van der Waals surface area contributed by atoms with Crippen molar-refractivity contribution in [3.8, 4) is 5.75 Å². The summed E-state index contributed by atoms with van der Waals surface area (Å²) in [6.07, 6.45) is 16.5. The normalized spacial score (nSPS) is 11.1. The zero-order valence-corrected chi connectivity index (χ0v) is 16.1. The molecule has 0 amide bonds. The number of rotatable bonds is 15. The molecule has 1 rings (SSSR count). The lowest BCUT2D eigenvalue weighted by Crippen LogP contribution is -2.00. The number of hydrogen-bond donors (Lipinski definition) is 1. The first-order chi connectivity index (χ1) is 11.7. The quantitative estimate of drug-likeness (QED) is 0.277. The van der Waals surface area contributed by atoms with Crippen LogP contribution in [0.5, 0.6) is 5.75 Å². The van der Waals surface area contributed by atoms with E-state index >= 15 is 0 Å². The van der Waals surface area contributed by atoms with Crippen molar-refractivity contribution in [2.75, 3.05) is 12.3 Å². The van der Waals surface area contributed by atoms with Gasteiger partial charge in [-0.25, -0.2) is 0 Å². The number of hydrogen-bond acceptors (Lipinski definition) is 2. The van der Waals surface area contributed by atoms with Crippen molar-refractivity contribution in [3.05, 3.63) is 24.3 Å². The van der Waals surface area contributed by atoms with Crippen molar-refractivity contribution in [2.45, 2.75) is 90.9 Å². The molecule has 0 saturated heterocycles. The lowest BCUT2D eigenvalue weighted by Gasteiger charge is -2.08. The van der Waals surface area contributed by atoms with E-state index in [0.29, 0.717) is 0 Å². The minimum atomic E-state index is 0.738. The van der Waals surface area contributed by atoms with Gasteiger partial charge in [-0.15, -0.1) is 0 Å². The molecule has 0 radical (unpaired) electrons. The van der Waals surface area contributed by atoms with Crippen LogP contribution in [0.25, 0.3) is 0 Å². The zero-order chi connectivity index (χ0) is 17.5. The third kappa shape index (κ3) is 11.4. The zero-order valence-electron chi connectivity index (χ0n) is 16.1. The van der Waals surface area contributed by atoms with Gasteiger partial charge in [0.25, 0.3) is 0 Å². The van der Waals surface area contributed by atoms with Crippen molar-refractivity contribution in [2.24, 2.45) is 5.92 Å². The number of nitrogen functional groups attached to an aromatic ring is 1. The van der Waals surface area contributed by atoms with E-state index in [1.165, 1.54) is 70.6 Å². The van der Waals surface area contributed by atoms with Crippen LogP contribution in [0.1, 0.15) is 90.9 Å². The average Bonchev–Trinajstić information content (AvgIpc) is 2.56. The van der Waals surface area contributed by atoms with E-state index in [9.17, 15) is 0 Å². The molecule has 2 N–H and O–H groups in total. The smallest absolute Gasteiger partial charge is 0.142 e. The van der Waals surface area contributed by atoms with Gasteiger partial charge in [0, 0.05) is 0 Å². The number of ether oxygens (including phenoxy) is 1. The molecule has 2 heteroatoms. The maximum absolute atomic E-state index is 5.86. The molecule has 2 nitrogen and oxygen atoms in total. The number of benzene rings is 1. The Labute approximate surface area is 150 Å². The molecule has 0 saturated carbocycles. The Morgan fingerprint density at radius 2 is 1.25 bits per heavy atom. The van der Waals surface area contributed by atoms with Crippen LogP contribution in [0, 0.1) is 5.92 Å². The van der Waals surface area contributed by atoms with E-state index in [2.05, 4.69) is 13.8 Å². The third-order valence-electron chi connectivity index (χ3n) is 4.60. The van der Waals surface area contributed by atoms with Gasteiger partial charge < -0.3 is 10.5 Å². The van der Waals surface area contributed by atoms with Crippen molar-refractivity contribution in [1.82, 2.24) is 0 Å². The molecule has 0 fully saturated rings. The highest BCUT2D eigenvalue weighted by atomic mass is 16.5. The molecule has 1 aromatic carbocycles. The summed E-state index contributed by atoms with van der Waals surface area (Å²) in [5.74, 6) is 1.70. The maximum Gasteiger partial charge on any atom is 0.142 e. The fourth-order valence-electron chi connectivity index (χ4n) is 3.04. The molecule has 0 aliphatic rings. The van der Waals surface area contributed by atoms with Gasteiger partial charge in [-0.3, -0.25) is 0 Å². The number of unbranched alkanes of at least 4 members (excludes halogenated alkanes) is 10. The summed E-state index contributed by atoms with van der Waals surface area (Å²) in [5, 5.41) is 0. The van der Waals surface area contributed by atoms with Crippen LogP contribution in [0.3, 0.4) is 0 Å². The van der Waals surface area contributed by atoms with Gasteiger partial charge in [-0.05, 0) is 24.5 Å². The summed E-state index contributed by atoms with van der Waals surface area (Å²) in [4.78, 5) is 0. The van der Waals surface area contributed by atoms with E-state index < -0.39 is 0 Å². The van der Waals surface area contributed by atoms with Crippen molar-refractivity contribution in [3.63, 3.8) is 0 Å². The average molecular weight is 334 g/mol. The maximum atomic E-state index is 5.86. The first-order valence-corrected chi connectivity index (χ1v) is 10.2. The summed E-state index contributed by atoms with van der Waals surface area (Å²) < 4.78 is 5.72. The van der Waals surface area contributed by atoms with Crippen LogP contribution in [-0.2, 0) is 0 Å². The van der Waals surface area contributed by atoms with Crippen LogP contribution in [0.2, 0.25) is 0 Å². The van der Waals surface area contributed by atoms with E-state index in [-0.39, 0.29) is 0 Å². The molecule has 24 heavy (non-hydrogen) atoms. The van der Waals surface area contributed by atoms with E-state index in [4.69, 9.17) is 10.5 Å². The van der Waals surface area contributed by atoms with Crippen molar-refractivity contribution in [1.29, 1.82) is 0 Å². The Balaban J connectivity index is 1.79. The Bertz CT molecular complexity index is 403. The van der Waals surface area contributed by atoms with Crippen LogP contribution in [0.15, 0.2) is 24.3 Å². The highest BCUT2D eigenvalue weighted by Gasteiger charge is 1.98. The van der Waals surface area contributed by atoms with Gasteiger partial charge in [0.2, 0.25) is 0 Å². The number of anilines is 1. The highest BCUT2D eigenvalue weighted by Crippen LogP contribution is 2.20. The molecule has 0 heterocycles. The topological polar surface area (TPSA) is 35.2 Å². The molecular formula is C22H39NO. The summed E-state index contributed by atoms with van der Waals surface area (Å²) in [5.41, 5.74) is 6.59. The summed E-state index contributed by atoms with van der Waals surface area (Å²) in [6.45, 7) is 5.43. The second-order valence-electron chi connectivity index (χ2n) is 7.46. The third-order valence-corrected chi connectivity index (χ3v) is 4.60. The first-order valence-electron chi connectivity index (χ1n) is 10.2. The first kappa shape index (κ1) is 20.9. The Morgan fingerprint density at radius 1 is 0.750 bits per heavy atom. The standard InChI is InChI=1S/C22H39NO/c1-20(2)16-12-10-8-6-4-3-5-7-9-11-15-19-24-22-18-14-13-17-21(22)23/h13-14,17-18,20H,3-12,15-16,19,23H2,1-2H3. The van der Waals surface area contributed by atoms with Gasteiger partial charge in [-0.2, -0.15) is 0 Å². The lowest BCUT2D eigenvalue weighted by molar-refractivity contribution is 0.306. The van der Waals surface area contributed by atoms with Crippen molar-refractivity contribution >= 4 is 5.69 Å². The van der Waals surface area contributed by atoms with Crippen LogP contribution in [-0.4, -0.2) is 6.61 Å². The van der Waals surface area contributed by atoms with Gasteiger partial charge in [0.15, 0.2) is 0 Å². The Hall–Kier alpha value is -1.18.